The van der Waals surface area contributed by atoms with Crippen LogP contribution in [0.1, 0.15) is 12.5 Å². The van der Waals surface area contributed by atoms with E-state index in [0.29, 0.717) is 23.7 Å². The SMILES string of the molecule is CCOc1ccccc1OCC(=O)N/N=C\c1ccc([O-])c([N+](=O)[O-])c1. The van der Waals surface area contributed by atoms with Crippen LogP contribution in [0.25, 0.3) is 0 Å². The van der Waals surface area contributed by atoms with E-state index in [2.05, 4.69) is 10.5 Å². The molecular weight excluding hydrogens is 342 g/mol. The lowest BCUT2D eigenvalue weighted by molar-refractivity contribution is -0.398. The van der Waals surface area contributed by atoms with Gasteiger partial charge in [-0.05, 0) is 24.8 Å². The van der Waals surface area contributed by atoms with Crippen molar-refractivity contribution < 1.29 is 24.3 Å². The van der Waals surface area contributed by atoms with Gasteiger partial charge in [0.05, 0.1) is 17.7 Å². The van der Waals surface area contributed by atoms with Crippen LogP contribution >= 0.6 is 0 Å². The van der Waals surface area contributed by atoms with E-state index in [1.807, 2.05) is 6.92 Å². The molecule has 2 aromatic rings. The molecule has 0 aliphatic rings. The number of ether oxygens (including phenoxy) is 2. The molecule has 0 radical (unpaired) electrons. The number of hydrazone groups is 1. The predicted molar refractivity (Wildman–Crippen MR) is 91.4 cm³/mol. The van der Waals surface area contributed by atoms with Gasteiger partial charge in [0.25, 0.3) is 11.6 Å². The Hall–Kier alpha value is -3.62. The standard InChI is InChI=1S/C17H17N3O6/c1-2-25-15-5-3-4-6-16(15)26-11-17(22)19-18-10-12-7-8-14(21)13(9-12)20(23)24/h3-10,21H,2,11H2,1H3,(H,19,22)/p-1/b18-10-. The Morgan fingerprint density at radius 1 is 1.23 bits per heavy atom. The average molecular weight is 358 g/mol. The van der Waals surface area contributed by atoms with Crippen molar-refractivity contribution in [1.82, 2.24) is 5.43 Å². The summed E-state index contributed by atoms with van der Waals surface area (Å²) in [5, 5.41) is 25.7. The van der Waals surface area contributed by atoms with Crippen LogP contribution in [-0.2, 0) is 4.79 Å². The summed E-state index contributed by atoms with van der Waals surface area (Å²) < 4.78 is 10.8. The molecule has 26 heavy (non-hydrogen) atoms. The molecule has 0 aliphatic carbocycles. The molecule has 9 heteroatoms. The Morgan fingerprint density at radius 3 is 2.58 bits per heavy atom. The summed E-state index contributed by atoms with van der Waals surface area (Å²) in [5.41, 5.74) is 1.98. The van der Waals surface area contributed by atoms with Gasteiger partial charge in [-0.3, -0.25) is 14.9 Å². The van der Waals surface area contributed by atoms with Crippen molar-refractivity contribution in [2.75, 3.05) is 13.2 Å². The van der Waals surface area contributed by atoms with Crippen LogP contribution in [0, 0.1) is 10.1 Å². The van der Waals surface area contributed by atoms with E-state index >= 15 is 0 Å². The second-order valence-corrected chi connectivity index (χ2v) is 4.95. The van der Waals surface area contributed by atoms with E-state index in [1.54, 1.807) is 24.3 Å². The fourth-order valence-electron chi connectivity index (χ4n) is 1.96. The Labute approximate surface area is 149 Å². The molecule has 0 saturated heterocycles. The van der Waals surface area contributed by atoms with Gasteiger partial charge in [0.2, 0.25) is 0 Å². The number of nitro groups is 1. The lowest BCUT2D eigenvalue weighted by atomic mass is 10.2. The smallest absolute Gasteiger partial charge is 0.277 e. The van der Waals surface area contributed by atoms with Crippen molar-refractivity contribution in [3.8, 4) is 17.2 Å². The first kappa shape index (κ1) is 18.7. The molecule has 0 aliphatic heterocycles. The monoisotopic (exact) mass is 358 g/mol. The van der Waals surface area contributed by atoms with Gasteiger partial charge in [0, 0.05) is 11.6 Å². The number of carbonyl (C=O) groups excluding carboxylic acids is 1. The van der Waals surface area contributed by atoms with Crippen molar-refractivity contribution >= 4 is 17.8 Å². The van der Waals surface area contributed by atoms with E-state index in [4.69, 9.17) is 9.47 Å². The van der Waals surface area contributed by atoms with Gasteiger partial charge in [0.15, 0.2) is 18.1 Å². The summed E-state index contributed by atoms with van der Waals surface area (Å²) in [4.78, 5) is 21.7. The van der Waals surface area contributed by atoms with E-state index in [9.17, 15) is 20.0 Å². The highest BCUT2D eigenvalue weighted by molar-refractivity contribution is 5.84. The maximum absolute atomic E-state index is 11.8. The third-order valence-electron chi connectivity index (χ3n) is 3.09. The second kappa shape index (κ2) is 9.02. The molecule has 2 aromatic carbocycles. The Morgan fingerprint density at radius 2 is 1.92 bits per heavy atom. The minimum absolute atomic E-state index is 0.291. The average Bonchev–Trinajstić information content (AvgIpc) is 2.62. The van der Waals surface area contributed by atoms with Crippen LogP contribution < -0.4 is 20.0 Å². The molecule has 0 bridgehead atoms. The zero-order valence-corrected chi connectivity index (χ0v) is 13.9. The van der Waals surface area contributed by atoms with Crippen molar-refractivity contribution in [3.63, 3.8) is 0 Å². The first-order valence-corrected chi connectivity index (χ1v) is 7.63. The highest BCUT2D eigenvalue weighted by atomic mass is 16.6. The van der Waals surface area contributed by atoms with Gasteiger partial charge in [-0.2, -0.15) is 5.10 Å². The lowest BCUT2D eigenvalue weighted by Crippen LogP contribution is -2.24. The van der Waals surface area contributed by atoms with Crippen LogP contribution in [0.2, 0.25) is 0 Å². The molecule has 1 N–H and O–H groups in total. The topological polar surface area (TPSA) is 126 Å². The Kier molecular flexibility index (Phi) is 6.49. The van der Waals surface area contributed by atoms with E-state index in [-0.39, 0.29) is 6.61 Å². The van der Waals surface area contributed by atoms with Crippen molar-refractivity contribution in [3.05, 3.63) is 58.1 Å². The number of nitrogens with one attached hydrogen (secondary N) is 1. The number of nitro benzene ring substituents is 1. The van der Waals surface area contributed by atoms with Gasteiger partial charge >= 0.3 is 0 Å². The molecule has 136 valence electrons. The summed E-state index contributed by atoms with van der Waals surface area (Å²) in [5.74, 6) is -0.272. The second-order valence-electron chi connectivity index (χ2n) is 4.95. The fourth-order valence-corrected chi connectivity index (χ4v) is 1.96. The summed E-state index contributed by atoms with van der Waals surface area (Å²) in [7, 11) is 0. The maximum Gasteiger partial charge on any atom is 0.277 e. The number of nitrogens with zero attached hydrogens (tertiary/aromatic N) is 2. The summed E-state index contributed by atoms with van der Waals surface area (Å²) in [6.07, 6.45) is 1.19. The van der Waals surface area contributed by atoms with E-state index in [1.165, 1.54) is 12.3 Å². The van der Waals surface area contributed by atoms with Crippen molar-refractivity contribution in [2.45, 2.75) is 6.92 Å². The molecule has 0 heterocycles. The number of amides is 1. The molecule has 0 atom stereocenters. The molecule has 0 spiro atoms. The first-order chi connectivity index (χ1) is 12.5. The zero-order chi connectivity index (χ0) is 18.9. The van der Waals surface area contributed by atoms with Crippen LogP contribution in [-0.4, -0.2) is 30.3 Å². The highest BCUT2D eigenvalue weighted by Gasteiger charge is 2.08. The fraction of sp³-hybridized carbons (Fsp3) is 0.176. The first-order valence-electron chi connectivity index (χ1n) is 7.63. The summed E-state index contributed by atoms with van der Waals surface area (Å²) >= 11 is 0. The molecule has 0 fully saturated rings. The predicted octanol–water partition coefficient (Wildman–Crippen LogP) is 1.60. The minimum Gasteiger partial charge on any atom is -0.868 e. The number of para-hydroxylation sites is 2. The van der Waals surface area contributed by atoms with Gasteiger partial charge in [0.1, 0.15) is 0 Å². The number of hydrogen-bond acceptors (Lipinski definition) is 7. The van der Waals surface area contributed by atoms with E-state index in [0.717, 1.165) is 12.1 Å². The normalized spacial score (nSPS) is 10.5. The van der Waals surface area contributed by atoms with Gasteiger partial charge < -0.3 is 14.6 Å². The Bertz CT molecular complexity index is 822. The van der Waals surface area contributed by atoms with Crippen LogP contribution in [0.15, 0.2) is 47.6 Å². The minimum atomic E-state index is -0.776. The molecule has 0 saturated carbocycles. The number of benzene rings is 2. The lowest BCUT2D eigenvalue weighted by Gasteiger charge is -2.10. The third kappa shape index (κ3) is 5.20. The van der Waals surface area contributed by atoms with Gasteiger partial charge in [-0.25, -0.2) is 5.43 Å². The quantitative estimate of drug-likeness (QED) is 0.434. The van der Waals surface area contributed by atoms with Crippen LogP contribution in [0.5, 0.6) is 17.2 Å². The molecule has 9 nitrogen and oxygen atoms in total. The maximum atomic E-state index is 11.8. The van der Waals surface area contributed by atoms with Crippen LogP contribution in [0.3, 0.4) is 0 Å². The molecule has 0 aromatic heterocycles. The molecule has 0 unspecified atom stereocenters. The van der Waals surface area contributed by atoms with Crippen LogP contribution in [0.4, 0.5) is 5.69 Å². The molecule has 2 rings (SSSR count). The van der Waals surface area contributed by atoms with Crippen molar-refractivity contribution in [1.29, 1.82) is 0 Å². The summed E-state index contributed by atoms with van der Waals surface area (Å²) in [6, 6.07) is 10.4. The zero-order valence-electron chi connectivity index (χ0n) is 13.9. The number of rotatable bonds is 8. The largest absolute Gasteiger partial charge is 0.868 e. The van der Waals surface area contributed by atoms with Gasteiger partial charge in [-0.15, -0.1) is 0 Å². The molecular formula is C17H16N3O6-. The van der Waals surface area contributed by atoms with Gasteiger partial charge in [-0.1, -0.05) is 24.3 Å². The number of hydrogen-bond donors (Lipinski definition) is 1. The molecule has 1 amide bonds. The van der Waals surface area contributed by atoms with Crippen molar-refractivity contribution in [2.24, 2.45) is 5.10 Å². The Balaban J connectivity index is 1.90. The number of carbonyl (C=O) groups is 1. The van der Waals surface area contributed by atoms with E-state index < -0.39 is 22.3 Å². The highest BCUT2D eigenvalue weighted by Crippen LogP contribution is 2.26. The summed E-state index contributed by atoms with van der Waals surface area (Å²) in [6.45, 7) is 2.01. The third-order valence-corrected chi connectivity index (χ3v) is 3.09.